The lowest BCUT2D eigenvalue weighted by Gasteiger charge is -2.11. The second kappa shape index (κ2) is 9.59. The standard InChI is InChI=1S/C21H25N5O3/c1-14(2)18-11-17(29-26-18)13-24-21(22-3)23-12-15-6-8-16(9-7-15)25-20(27)19-5-4-10-28-19/h4-11,14H,12-13H2,1-3H3,(H,25,27)(H2,22,23,24). The SMILES string of the molecule is CN=C(NCc1ccc(NC(=O)c2ccco2)cc1)NCc1cc(C(C)C)no1. The van der Waals surface area contributed by atoms with Crippen LogP contribution >= 0.6 is 0 Å². The molecule has 8 nitrogen and oxygen atoms in total. The van der Waals surface area contributed by atoms with E-state index in [1.54, 1.807) is 19.2 Å². The predicted octanol–water partition coefficient (Wildman–Crippen LogP) is 3.51. The molecule has 1 amide bonds. The van der Waals surface area contributed by atoms with Crippen LogP contribution in [0.4, 0.5) is 5.69 Å². The summed E-state index contributed by atoms with van der Waals surface area (Å²) in [6, 6.07) is 12.8. The number of benzene rings is 1. The van der Waals surface area contributed by atoms with Crippen LogP contribution < -0.4 is 16.0 Å². The smallest absolute Gasteiger partial charge is 0.291 e. The summed E-state index contributed by atoms with van der Waals surface area (Å²) in [6.45, 7) is 5.23. The van der Waals surface area contributed by atoms with E-state index < -0.39 is 0 Å². The molecular weight excluding hydrogens is 370 g/mol. The van der Waals surface area contributed by atoms with Gasteiger partial charge in [-0.3, -0.25) is 9.79 Å². The maximum Gasteiger partial charge on any atom is 0.291 e. The van der Waals surface area contributed by atoms with Crippen molar-refractivity contribution in [1.29, 1.82) is 0 Å². The summed E-state index contributed by atoms with van der Waals surface area (Å²) >= 11 is 0. The van der Waals surface area contributed by atoms with Crippen LogP contribution in [0.2, 0.25) is 0 Å². The van der Waals surface area contributed by atoms with Gasteiger partial charge in [0, 0.05) is 25.3 Å². The molecule has 0 bridgehead atoms. The number of amides is 1. The Bertz CT molecular complexity index is 943. The Morgan fingerprint density at radius 1 is 1.14 bits per heavy atom. The molecule has 2 heterocycles. The fourth-order valence-corrected chi connectivity index (χ4v) is 2.57. The van der Waals surface area contributed by atoms with Gasteiger partial charge in [0.1, 0.15) is 0 Å². The Morgan fingerprint density at radius 2 is 1.90 bits per heavy atom. The van der Waals surface area contributed by atoms with Gasteiger partial charge in [0.15, 0.2) is 17.5 Å². The number of nitrogens with one attached hydrogen (secondary N) is 3. The zero-order chi connectivity index (χ0) is 20.6. The van der Waals surface area contributed by atoms with Crippen molar-refractivity contribution in [3.63, 3.8) is 0 Å². The molecule has 3 rings (SSSR count). The average molecular weight is 395 g/mol. The lowest BCUT2D eigenvalue weighted by molar-refractivity contribution is 0.0996. The molecule has 3 aromatic rings. The zero-order valence-electron chi connectivity index (χ0n) is 16.7. The molecular formula is C21H25N5O3. The summed E-state index contributed by atoms with van der Waals surface area (Å²) in [7, 11) is 1.71. The van der Waals surface area contributed by atoms with Crippen LogP contribution in [-0.2, 0) is 13.1 Å². The van der Waals surface area contributed by atoms with Crippen molar-refractivity contribution in [3.8, 4) is 0 Å². The molecule has 0 radical (unpaired) electrons. The second-order valence-corrected chi connectivity index (χ2v) is 6.78. The fraction of sp³-hybridized carbons (Fsp3) is 0.286. The number of aromatic nitrogens is 1. The van der Waals surface area contributed by atoms with Gasteiger partial charge < -0.3 is 24.9 Å². The van der Waals surface area contributed by atoms with Crippen molar-refractivity contribution >= 4 is 17.6 Å². The molecule has 3 N–H and O–H groups in total. The van der Waals surface area contributed by atoms with Crippen molar-refractivity contribution in [2.75, 3.05) is 12.4 Å². The summed E-state index contributed by atoms with van der Waals surface area (Å²) in [5, 5.41) is 13.3. The maximum atomic E-state index is 12.0. The van der Waals surface area contributed by atoms with Crippen molar-refractivity contribution < 1.29 is 13.7 Å². The van der Waals surface area contributed by atoms with Crippen LogP contribution in [0.5, 0.6) is 0 Å². The van der Waals surface area contributed by atoms with E-state index in [1.165, 1.54) is 6.26 Å². The minimum Gasteiger partial charge on any atom is -0.459 e. The quantitative estimate of drug-likeness (QED) is 0.418. The van der Waals surface area contributed by atoms with E-state index in [2.05, 4.69) is 39.9 Å². The van der Waals surface area contributed by atoms with E-state index in [-0.39, 0.29) is 11.7 Å². The monoisotopic (exact) mass is 395 g/mol. The largest absolute Gasteiger partial charge is 0.459 e. The molecule has 0 saturated heterocycles. The molecule has 29 heavy (non-hydrogen) atoms. The summed E-state index contributed by atoms with van der Waals surface area (Å²) < 4.78 is 10.4. The molecule has 152 valence electrons. The van der Waals surface area contributed by atoms with Crippen LogP contribution in [0.15, 0.2) is 62.7 Å². The van der Waals surface area contributed by atoms with Gasteiger partial charge >= 0.3 is 0 Å². The van der Waals surface area contributed by atoms with Gasteiger partial charge in [-0.05, 0) is 35.7 Å². The van der Waals surface area contributed by atoms with Gasteiger partial charge in [-0.2, -0.15) is 0 Å². The molecule has 0 saturated carbocycles. The first-order valence-corrected chi connectivity index (χ1v) is 9.39. The number of carbonyl (C=O) groups is 1. The number of nitrogens with zero attached hydrogens (tertiary/aromatic N) is 2. The number of aliphatic imine (C=N–C) groups is 1. The Balaban J connectivity index is 1.47. The average Bonchev–Trinajstić information content (AvgIpc) is 3.41. The predicted molar refractivity (Wildman–Crippen MR) is 111 cm³/mol. The van der Waals surface area contributed by atoms with Crippen LogP contribution in [0, 0.1) is 0 Å². The highest BCUT2D eigenvalue weighted by atomic mass is 16.5. The molecule has 0 aliphatic carbocycles. The zero-order valence-corrected chi connectivity index (χ0v) is 16.7. The Kier molecular flexibility index (Phi) is 6.67. The third-order valence-corrected chi connectivity index (χ3v) is 4.24. The van der Waals surface area contributed by atoms with Crippen molar-refractivity contribution in [1.82, 2.24) is 15.8 Å². The summed E-state index contributed by atoms with van der Waals surface area (Å²) in [5.41, 5.74) is 2.68. The van der Waals surface area contributed by atoms with Crippen LogP contribution in [0.25, 0.3) is 0 Å². The third-order valence-electron chi connectivity index (χ3n) is 4.24. The summed E-state index contributed by atoms with van der Waals surface area (Å²) in [5.74, 6) is 1.74. The fourth-order valence-electron chi connectivity index (χ4n) is 2.57. The minimum atomic E-state index is -0.279. The number of furan rings is 1. The maximum absolute atomic E-state index is 12.0. The van der Waals surface area contributed by atoms with E-state index in [1.807, 2.05) is 30.3 Å². The number of guanidine groups is 1. The molecule has 0 unspecified atom stereocenters. The van der Waals surface area contributed by atoms with Crippen molar-refractivity contribution in [2.45, 2.75) is 32.9 Å². The lowest BCUT2D eigenvalue weighted by atomic mass is 10.1. The number of rotatable bonds is 7. The Hall–Kier alpha value is -3.55. The molecule has 8 heteroatoms. The van der Waals surface area contributed by atoms with E-state index >= 15 is 0 Å². The lowest BCUT2D eigenvalue weighted by Crippen LogP contribution is -2.36. The molecule has 1 aromatic carbocycles. The summed E-state index contributed by atoms with van der Waals surface area (Å²) in [4.78, 5) is 16.2. The van der Waals surface area contributed by atoms with E-state index in [0.29, 0.717) is 30.7 Å². The number of hydrogen-bond acceptors (Lipinski definition) is 5. The van der Waals surface area contributed by atoms with Crippen LogP contribution in [0.1, 0.15) is 47.3 Å². The highest BCUT2D eigenvalue weighted by molar-refractivity contribution is 6.02. The van der Waals surface area contributed by atoms with E-state index in [4.69, 9.17) is 8.94 Å². The highest BCUT2D eigenvalue weighted by Gasteiger charge is 2.09. The van der Waals surface area contributed by atoms with E-state index in [0.717, 1.165) is 17.0 Å². The van der Waals surface area contributed by atoms with Gasteiger partial charge in [0.2, 0.25) is 0 Å². The van der Waals surface area contributed by atoms with Crippen LogP contribution in [0.3, 0.4) is 0 Å². The normalized spacial score (nSPS) is 11.5. The molecule has 0 fully saturated rings. The van der Waals surface area contributed by atoms with Gasteiger partial charge in [0.05, 0.1) is 18.5 Å². The molecule has 0 aliphatic rings. The van der Waals surface area contributed by atoms with Gasteiger partial charge in [-0.1, -0.05) is 31.1 Å². The second-order valence-electron chi connectivity index (χ2n) is 6.78. The molecule has 2 aromatic heterocycles. The molecule has 0 spiro atoms. The molecule has 0 atom stereocenters. The van der Waals surface area contributed by atoms with Gasteiger partial charge in [0.25, 0.3) is 5.91 Å². The van der Waals surface area contributed by atoms with E-state index in [9.17, 15) is 4.79 Å². The number of anilines is 1. The third kappa shape index (κ3) is 5.71. The first-order chi connectivity index (χ1) is 14.0. The van der Waals surface area contributed by atoms with Gasteiger partial charge in [-0.15, -0.1) is 0 Å². The number of hydrogen-bond donors (Lipinski definition) is 3. The van der Waals surface area contributed by atoms with Crippen molar-refractivity contribution in [2.24, 2.45) is 4.99 Å². The van der Waals surface area contributed by atoms with Gasteiger partial charge in [-0.25, -0.2) is 0 Å². The first-order valence-electron chi connectivity index (χ1n) is 9.39. The van der Waals surface area contributed by atoms with Crippen LogP contribution in [-0.4, -0.2) is 24.1 Å². The molecule has 0 aliphatic heterocycles. The summed E-state index contributed by atoms with van der Waals surface area (Å²) in [6.07, 6.45) is 1.47. The Labute approximate surface area is 169 Å². The topological polar surface area (TPSA) is 105 Å². The van der Waals surface area contributed by atoms with Crippen molar-refractivity contribution in [3.05, 3.63) is 71.5 Å². The highest BCUT2D eigenvalue weighted by Crippen LogP contribution is 2.14. The minimum absolute atomic E-state index is 0.276. The Morgan fingerprint density at radius 3 is 2.52 bits per heavy atom. The first kappa shape index (κ1) is 20.2. The number of carbonyl (C=O) groups excluding carboxylic acids is 1.